The fourth-order valence-corrected chi connectivity index (χ4v) is 9.85. The zero-order valence-corrected chi connectivity index (χ0v) is 21.2. The summed E-state index contributed by atoms with van der Waals surface area (Å²) in [6.07, 6.45) is 14.1. The first-order valence-corrected chi connectivity index (χ1v) is 16.2. The van der Waals surface area contributed by atoms with Crippen molar-refractivity contribution in [3.05, 3.63) is 11.6 Å². The zero-order valence-electron chi connectivity index (χ0n) is 20.2. The number of hydrogen-bond acceptors (Lipinski definition) is 3. The lowest BCUT2D eigenvalue weighted by Crippen LogP contribution is -2.52. The van der Waals surface area contributed by atoms with E-state index in [2.05, 4.69) is 46.4 Å². The SMILES string of the molecule is CB1OCC([C@H]2CCC3C4CC=C5C[C@@H](O[Si](C)(C)C)CC[C@]5(C)C4CC[C@@]32C)O1. The van der Waals surface area contributed by atoms with Crippen LogP contribution in [0.1, 0.15) is 65.2 Å². The maximum Gasteiger partial charge on any atom is 0.453 e. The Morgan fingerprint density at radius 1 is 1.03 bits per heavy atom. The van der Waals surface area contributed by atoms with Gasteiger partial charge in [0, 0.05) is 6.10 Å². The third kappa shape index (κ3) is 3.51. The molecule has 4 unspecified atom stereocenters. The molecule has 0 amide bonds. The minimum atomic E-state index is -1.46. The van der Waals surface area contributed by atoms with Crippen LogP contribution in [0.2, 0.25) is 26.5 Å². The van der Waals surface area contributed by atoms with Crippen molar-refractivity contribution < 1.29 is 13.7 Å². The highest BCUT2D eigenvalue weighted by Gasteiger charge is 2.60. The maximum atomic E-state index is 6.55. The molecule has 1 aliphatic heterocycles. The summed E-state index contributed by atoms with van der Waals surface area (Å²) in [5.74, 6) is 3.30. The summed E-state index contributed by atoms with van der Waals surface area (Å²) in [5, 5.41) is 0. The first-order chi connectivity index (χ1) is 14.1. The van der Waals surface area contributed by atoms with Gasteiger partial charge in [-0.25, -0.2) is 0 Å². The first-order valence-electron chi connectivity index (χ1n) is 12.7. The normalized spacial score (nSPS) is 48.7. The van der Waals surface area contributed by atoms with Crippen LogP contribution in [-0.4, -0.2) is 34.3 Å². The van der Waals surface area contributed by atoms with E-state index in [1.54, 1.807) is 5.57 Å². The molecule has 3 nitrogen and oxygen atoms in total. The fourth-order valence-electron chi connectivity index (χ4n) is 8.65. The molecule has 4 aliphatic carbocycles. The van der Waals surface area contributed by atoms with Gasteiger partial charge in [-0.3, -0.25) is 0 Å². The number of fused-ring (bicyclic) bond motifs is 5. The van der Waals surface area contributed by atoms with Crippen LogP contribution in [0.3, 0.4) is 0 Å². The zero-order chi connectivity index (χ0) is 21.3. The summed E-state index contributed by atoms with van der Waals surface area (Å²) in [7, 11) is -1.48. The van der Waals surface area contributed by atoms with Crippen molar-refractivity contribution in [2.24, 2.45) is 34.5 Å². The van der Waals surface area contributed by atoms with Gasteiger partial charge < -0.3 is 13.7 Å². The monoisotopic (exact) mass is 430 g/mol. The van der Waals surface area contributed by atoms with Gasteiger partial charge in [0.2, 0.25) is 0 Å². The average molecular weight is 431 g/mol. The third-order valence-corrected chi connectivity index (χ3v) is 11.0. The Hall–Kier alpha value is -0.0982. The molecule has 4 fully saturated rings. The summed E-state index contributed by atoms with van der Waals surface area (Å²) < 4.78 is 18.6. The van der Waals surface area contributed by atoms with Gasteiger partial charge in [0.1, 0.15) is 0 Å². The molecule has 168 valence electrons. The van der Waals surface area contributed by atoms with Gasteiger partial charge in [-0.05, 0) is 112 Å². The Bertz CT molecular complexity index is 705. The highest BCUT2D eigenvalue weighted by atomic mass is 28.4. The molecule has 1 saturated heterocycles. The van der Waals surface area contributed by atoms with Crippen molar-refractivity contribution >= 4 is 15.4 Å². The highest BCUT2D eigenvalue weighted by molar-refractivity contribution is 6.69. The lowest BCUT2D eigenvalue weighted by Gasteiger charge is -2.58. The molecule has 0 aromatic heterocycles. The van der Waals surface area contributed by atoms with Crippen LogP contribution in [0, 0.1) is 34.5 Å². The standard InChI is InChI=1S/C25H43BO3Si/c1-24-13-11-18(29-30(4,5)6)15-17(24)7-8-19-20-9-10-22(23-16-27-26(3)28-23)25(20,2)14-12-21(19)24/h7,18-23H,8-16H2,1-6H3/t18-,19?,20?,21?,22+,23?,24-,25-/m0/s1. The summed E-state index contributed by atoms with van der Waals surface area (Å²) >= 11 is 0. The van der Waals surface area contributed by atoms with Crippen molar-refractivity contribution in [3.63, 3.8) is 0 Å². The molecule has 0 bridgehead atoms. The minimum absolute atomic E-state index is 0.0124. The van der Waals surface area contributed by atoms with Crippen molar-refractivity contribution in [2.75, 3.05) is 6.61 Å². The van der Waals surface area contributed by atoms with Gasteiger partial charge in [0.25, 0.3) is 0 Å². The molecule has 30 heavy (non-hydrogen) atoms. The number of hydrogen-bond donors (Lipinski definition) is 0. The Balaban J connectivity index is 1.35. The second-order valence-corrected chi connectivity index (χ2v) is 17.1. The molecule has 5 rings (SSSR count). The van der Waals surface area contributed by atoms with Gasteiger partial charge in [-0.2, -0.15) is 0 Å². The largest absolute Gasteiger partial charge is 0.453 e. The summed E-state index contributed by atoms with van der Waals surface area (Å²) in [6, 6.07) is 0. The highest BCUT2D eigenvalue weighted by Crippen LogP contribution is 2.67. The van der Waals surface area contributed by atoms with Crippen LogP contribution in [0.15, 0.2) is 11.6 Å². The molecular formula is C25H43BO3Si. The van der Waals surface area contributed by atoms with E-state index in [1.165, 1.54) is 51.4 Å². The molecule has 3 saturated carbocycles. The molecule has 5 heteroatoms. The van der Waals surface area contributed by atoms with Crippen LogP contribution in [0.4, 0.5) is 0 Å². The Morgan fingerprint density at radius 3 is 2.50 bits per heavy atom. The van der Waals surface area contributed by atoms with Gasteiger partial charge in [0.05, 0.1) is 12.7 Å². The van der Waals surface area contributed by atoms with Crippen LogP contribution in [0.5, 0.6) is 0 Å². The van der Waals surface area contributed by atoms with E-state index in [4.69, 9.17) is 13.7 Å². The predicted molar refractivity (Wildman–Crippen MR) is 126 cm³/mol. The van der Waals surface area contributed by atoms with Crippen molar-refractivity contribution in [2.45, 2.75) is 104 Å². The molecule has 0 aromatic rings. The Labute approximate surface area is 186 Å². The van der Waals surface area contributed by atoms with Gasteiger partial charge in [-0.15, -0.1) is 0 Å². The number of allylic oxidation sites excluding steroid dienone is 1. The molecule has 0 radical (unpaired) electrons. The van der Waals surface area contributed by atoms with Gasteiger partial charge in [-0.1, -0.05) is 25.5 Å². The van der Waals surface area contributed by atoms with E-state index < -0.39 is 8.32 Å². The molecule has 5 aliphatic rings. The predicted octanol–water partition coefficient (Wildman–Crippen LogP) is 6.32. The topological polar surface area (TPSA) is 27.7 Å². The quantitative estimate of drug-likeness (QED) is 0.387. The lowest BCUT2D eigenvalue weighted by atomic mass is 9.47. The number of rotatable bonds is 3. The minimum Gasteiger partial charge on any atom is -0.414 e. The third-order valence-electron chi connectivity index (χ3n) is 9.96. The van der Waals surface area contributed by atoms with E-state index in [0.717, 1.165) is 24.4 Å². The van der Waals surface area contributed by atoms with E-state index in [1.807, 2.05) is 0 Å². The van der Waals surface area contributed by atoms with E-state index in [-0.39, 0.29) is 7.12 Å². The lowest BCUT2D eigenvalue weighted by molar-refractivity contribution is -0.0637. The van der Waals surface area contributed by atoms with Crippen LogP contribution >= 0.6 is 0 Å². The summed E-state index contributed by atoms with van der Waals surface area (Å²) in [5.41, 5.74) is 2.61. The first kappa shape index (κ1) is 21.7. The average Bonchev–Trinajstić information content (AvgIpc) is 3.23. The van der Waals surface area contributed by atoms with E-state index in [9.17, 15) is 0 Å². The van der Waals surface area contributed by atoms with Gasteiger partial charge >= 0.3 is 7.12 Å². The molecule has 0 N–H and O–H groups in total. The molecule has 0 spiro atoms. The van der Waals surface area contributed by atoms with Crippen LogP contribution < -0.4 is 0 Å². The summed E-state index contributed by atoms with van der Waals surface area (Å²) in [4.78, 5) is 0. The molecular weight excluding hydrogens is 387 g/mol. The second kappa shape index (κ2) is 7.46. The Kier molecular flexibility index (Phi) is 5.41. The Morgan fingerprint density at radius 2 is 1.80 bits per heavy atom. The van der Waals surface area contributed by atoms with Crippen LogP contribution in [0.25, 0.3) is 0 Å². The van der Waals surface area contributed by atoms with Gasteiger partial charge in [0.15, 0.2) is 8.32 Å². The second-order valence-electron chi connectivity index (χ2n) is 12.7. The van der Waals surface area contributed by atoms with Crippen molar-refractivity contribution in [1.82, 2.24) is 0 Å². The van der Waals surface area contributed by atoms with E-state index >= 15 is 0 Å². The van der Waals surface area contributed by atoms with Crippen molar-refractivity contribution in [1.29, 1.82) is 0 Å². The smallest absolute Gasteiger partial charge is 0.414 e. The molecule has 1 heterocycles. The summed E-state index contributed by atoms with van der Waals surface area (Å²) in [6.45, 7) is 15.1. The molecule has 0 aromatic carbocycles. The van der Waals surface area contributed by atoms with Crippen molar-refractivity contribution in [3.8, 4) is 0 Å². The molecule has 8 atom stereocenters. The van der Waals surface area contributed by atoms with Crippen LogP contribution in [-0.2, 0) is 13.7 Å². The fraction of sp³-hybridized carbons (Fsp3) is 0.920. The maximum absolute atomic E-state index is 6.55. The van der Waals surface area contributed by atoms with E-state index in [0.29, 0.717) is 29.0 Å².